The third-order valence-corrected chi connectivity index (χ3v) is 4.23. The zero-order valence-corrected chi connectivity index (χ0v) is 16.0. The zero-order valence-electron chi connectivity index (χ0n) is 16.0. The van der Waals surface area contributed by atoms with Crippen molar-refractivity contribution in [3.8, 4) is 5.88 Å². The van der Waals surface area contributed by atoms with Gasteiger partial charge in [0.15, 0.2) is 0 Å². The van der Waals surface area contributed by atoms with Crippen LogP contribution in [0.25, 0.3) is 0 Å². The first kappa shape index (κ1) is 21.1. The van der Waals surface area contributed by atoms with Crippen molar-refractivity contribution in [2.24, 2.45) is 0 Å². The average Bonchev–Trinajstić information content (AvgIpc) is 2.70. The molecule has 156 valence electrons. The molecule has 3 aromatic rings. The number of carbonyl (C=O) groups excluding carboxylic acids is 1. The monoisotopic (exact) mass is 419 g/mol. The van der Waals surface area contributed by atoms with E-state index in [1.165, 1.54) is 19.2 Å². The van der Waals surface area contributed by atoms with E-state index in [4.69, 9.17) is 4.74 Å². The van der Waals surface area contributed by atoms with Crippen LogP contribution in [0.5, 0.6) is 5.88 Å². The van der Waals surface area contributed by atoms with Crippen LogP contribution in [0.2, 0.25) is 0 Å². The van der Waals surface area contributed by atoms with Crippen LogP contribution in [0.3, 0.4) is 0 Å². The number of aromatic nitrogens is 1. The molecule has 0 aliphatic heterocycles. The van der Waals surface area contributed by atoms with Gasteiger partial charge in [0.2, 0.25) is 5.88 Å². The van der Waals surface area contributed by atoms with Gasteiger partial charge >= 0.3 is 6.18 Å². The van der Waals surface area contributed by atoms with Gasteiger partial charge in [-0.2, -0.15) is 13.2 Å². The number of halogens is 4. The molecule has 5 nitrogen and oxygen atoms in total. The van der Waals surface area contributed by atoms with Gasteiger partial charge in [-0.05, 0) is 55.5 Å². The number of amides is 1. The van der Waals surface area contributed by atoms with E-state index in [2.05, 4.69) is 15.6 Å². The van der Waals surface area contributed by atoms with Crippen LogP contribution in [-0.4, -0.2) is 18.0 Å². The van der Waals surface area contributed by atoms with Crippen molar-refractivity contribution in [3.05, 3.63) is 77.2 Å². The number of hydrogen-bond acceptors (Lipinski definition) is 4. The van der Waals surface area contributed by atoms with E-state index < -0.39 is 23.5 Å². The van der Waals surface area contributed by atoms with Crippen molar-refractivity contribution < 1.29 is 27.1 Å². The Morgan fingerprint density at radius 2 is 1.70 bits per heavy atom. The van der Waals surface area contributed by atoms with Gasteiger partial charge in [0.05, 0.1) is 35.3 Å². The molecule has 3 rings (SSSR count). The van der Waals surface area contributed by atoms with E-state index in [0.717, 1.165) is 30.3 Å². The minimum atomic E-state index is -4.59. The molecule has 1 amide bonds. The zero-order chi connectivity index (χ0) is 21.9. The molecule has 0 fully saturated rings. The number of nitrogens with zero attached hydrogens (tertiary/aromatic N) is 1. The number of hydrogen-bond donors (Lipinski definition) is 2. The lowest BCUT2D eigenvalue weighted by molar-refractivity contribution is -0.137. The Balaban J connectivity index is 1.95. The number of pyridine rings is 1. The maximum Gasteiger partial charge on any atom is 0.416 e. The first-order valence-corrected chi connectivity index (χ1v) is 8.74. The van der Waals surface area contributed by atoms with Gasteiger partial charge < -0.3 is 15.4 Å². The van der Waals surface area contributed by atoms with Crippen LogP contribution in [0.1, 0.15) is 21.6 Å². The maximum atomic E-state index is 13.2. The lowest BCUT2D eigenvalue weighted by Gasteiger charge is -2.16. The van der Waals surface area contributed by atoms with Gasteiger partial charge in [0.25, 0.3) is 5.91 Å². The molecule has 0 atom stereocenters. The Morgan fingerprint density at radius 3 is 2.30 bits per heavy atom. The van der Waals surface area contributed by atoms with Crippen molar-refractivity contribution in [3.63, 3.8) is 0 Å². The summed E-state index contributed by atoms with van der Waals surface area (Å²) in [6.45, 7) is 1.66. The molecule has 0 unspecified atom stereocenters. The standard InChI is InChI=1S/C21H17F4N3O2/c1-12-17(9-10-19(26-12)30-2)28-20(29)16-8-3-13(21(23,24)25)11-18(16)27-15-6-4-14(22)5-7-15/h3-11,27H,1-2H3,(H,28,29). The number of ether oxygens (including phenoxy) is 1. The highest BCUT2D eigenvalue weighted by Gasteiger charge is 2.31. The normalized spacial score (nSPS) is 11.1. The topological polar surface area (TPSA) is 63.2 Å². The first-order valence-electron chi connectivity index (χ1n) is 8.74. The van der Waals surface area contributed by atoms with Crippen molar-refractivity contribution in [1.29, 1.82) is 0 Å². The summed E-state index contributed by atoms with van der Waals surface area (Å²) in [4.78, 5) is 16.9. The van der Waals surface area contributed by atoms with Crippen LogP contribution in [0.4, 0.5) is 34.6 Å². The number of nitrogens with one attached hydrogen (secondary N) is 2. The second-order valence-electron chi connectivity index (χ2n) is 6.33. The minimum absolute atomic E-state index is 0.0254. The van der Waals surface area contributed by atoms with Crippen LogP contribution in [0.15, 0.2) is 54.6 Å². The van der Waals surface area contributed by atoms with E-state index in [-0.39, 0.29) is 11.3 Å². The van der Waals surface area contributed by atoms with Gasteiger partial charge in [-0.25, -0.2) is 9.37 Å². The van der Waals surface area contributed by atoms with E-state index in [1.54, 1.807) is 19.1 Å². The number of aryl methyl sites for hydroxylation is 1. The summed E-state index contributed by atoms with van der Waals surface area (Å²) in [6, 6.07) is 10.9. The predicted octanol–water partition coefficient (Wildman–Crippen LogP) is 5.55. The lowest BCUT2D eigenvalue weighted by atomic mass is 10.1. The van der Waals surface area contributed by atoms with E-state index in [9.17, 15) is 22.4 Å². The maximum absolute atomic E-state index is 13.2. The van der Waals surface area contributed by atoms with E-state index in [1.807, 2.05) is 0 Å². The average molecular weight is 419 g/mol. The molecule has 9 heteroatoms. The molecule has 0 saturated carbocycles. The van der Waals surface area contributed by atoms with Crippen molar-refractivity contribution >= 4 is 23.0 Å². The largest absolute Gasteiger partial charge is 0.481 e. The third-order valence-electron chi connectivity index (χ3n) is 4.23. The fourth-order valence-corrected chi connectivity index (χ4v) is 2.68. The second-order valence-corrected chi connectivity index (χ2v) is 6.33. The fourth-order valence-electron chi connectivity index (χ4n) is 2.68. The molecule has 0 spiro atoms. The molecule has 1 heterocycles. The number of rotatable bonds is 5. The van der Waals surface area contributed by atoms with Crippen LogP contribution >= 0.6 is 0 Å². The number of benzene rings is 2. The molecular formula is C21H17F4N3O2. The van der Waals surface area contributed by atoms with Crippen LogP contribution in [0, 0.1) is 12.7 Å². The molecule has 1 aromatic heterocycles. The SMILES string of the molecule is COc1ccc(NC(=O)c2ccc(C(F)(F)F)cc2Nc2ccc(F)cc2)c(C)n1. The highest BCUT2D eigenvalue weighted by Crippen LogP contribution is 2.33. The molecule has 2 aromatic carbocycles. The molecule has 30 heavy (non-hydrogen) atoms. The second kappa shape index (κ2) is 8.40. The van der Waals surface area contributed by atoms with Gasteiger partial charge in [-0.1, -0.05) is 0 Å². The number of alkyl halides is 3. The Labute approximate surface area is 169 Å². The Hall–Kier alpha value is -3.62. The molecule has 0 bridgehead atoms. The summed E-state index contributed by atoms with van der Waals surface area (Å²) in [5.41, 5.74) is 0.157. The summed E-state index contributed by atoms with van der Waals surface area (Å²) in [7, 11) is 1.45. The highest BCUT2D eigenvalue weighted by molar-refractivity contribution is 6.08. The quantitative estimate of drug-likeness (QED) is 0.532. The van der Waals surface area contributed by atoms with E-state index >= 15 is 0 Å². The van der Waals surface area contributed by atoms with Gasteiger partial charge in [-0.3, -0.25) is 4.79 Å². The van der Waals surface area contributed by atoms with Crippen molar-refractivity contribution in [2.45, 2.75) is 13.1 Å². The molecule has 2 N–H and O–H groups in total. The Kier molecular flexibility index (Phi) is 5.91. The van der Waals surface area contributed by atoms with Crippen molar-refractivity contribution in [2.75, 3.05) is 17.7 Å². The fraction of sp³-hybridized carbons (Fsp3) is 0.143. The Bertz CT molecular complexity index is 1070. The van der Waals surface area contributed by atoms with Crippen LogP contribution in [-0.2, 0) is 6.18 Å². The van der Waals surface area contributed by atoms with Crippen molar-refractivity contribution in [1.82, 2.24) is 4.98 Å². The van der Waals surface area contributed by atoms with Gasteiger partial charge in [0, 0.05) is 11.8 Å². The Morgan fingerprint density at radius 1 is 1.00 bits per heavy atom. The number of methoxy groups -OCH3 is 1. The summed E-state index contributed by atoms with van der Waals surface area (Å²) in [5, 5.41) is 5.38. The van der Waals surface area contributed by atoms with Gasteiger partial charge in [0.1, 0.15) is 5.82 Å². The smallest absolute Gasteiger partial charge is 0.416 e. The summed E-state index contributed by atoms with van der Waals surface area (Å²) in [6.07, 6.45) is -4.59. The molecular weight excluding hydrogens is 402 g/mol. The summed E-state index contributed by atoms with van der Waals surface area (Å²) in [5.74, 6) is -0.771. The molecule has 0 aliphatic rings. The summed E-state index contributed by atoms with van der Waals surface area (Å²) < 4.78 is 57.6. The molecule has 0 radical (unpaired) electrons. The predicted molar refractivity (Wildman–Crippen MR) is 105 cm³/mol. The van der Waals surface area contributed by atoms with Gasteiger partial charge in [-0.15, -0.1) is 0 Å². The highest BCUT2D eigenvalue weighted by atomic mass is 19.4. The number of carbonyl (C=O) groups is 1. The number of anilines is 3. The first-order chi connectivity index (χ1) is 14.2. The van der Waals surface area contributed by atoms with Crippen LogP contribution < -0.4 is 15.4 Å². The molecule has 0 aliphatic carbocycles. The third kappa shape index (κ3) is 4.86. The lowest BCUT2D eigenvalue weighted by Crippen LogP contribution is -2.16. The minimum Gasteiger partial charge on any atom is -0.481 e. The summed E-state index contributed by atoms with van der Waals surface area (Å²) >= 11 is 0. The van der Waals surface area contributed by atoms with E-state index in [0.29, 0.717) is 22.9 Å². The molecule has 0 saturated heterocycles.